The first-order chi connectivity index (χ1) is 6.34. The third-order valence-electron chi connectivity index (χ3n) is 1.80. The number of hydrogen-bond acceptors (Lipinski definition) is 3. The monoisotopic (exact) mass is 231 g/mol. The molecule has 0 fully saturated rings. The van der Waals surface area contributed by atoms with Gasteiger partial charge in [0, 0.05) is 11.8 Å². The minimum absolute atomic E-state index is 0.0162. The van der Waals surface area contributed by atoms with E-state index in [2.05, 4.69) is 6.58 Å². The molecule has 1 rings (SSSR count). The molecule has 0 saturated heterocycles. The van der Waals surface area contributed by atoms with Crippen LogP contribution in [-0.2, 0) is 9.84 Å². The Morgan fingerprint density at radius 2 is 2.07 bits per heavy atom. The van der Waals surface area contributed by atoms with Crippen LogP contribution in [0.3, 0.4) is 0 Å². The maximum Gasteiger partial charge on any atom is 0.175 e. The van der Waals surface area contributed by atoms with E-state index in [1.165, 1.54) is 0 Å². The van der Waals surface area contributed by atoms with Gasteiger partial charge in [0.15, 0.2) is 9.84 Å². The Morgan fingerprint density at radius 3 is 2.57 bits per heavy atom. The molecule has 5 heteroatoms. The molecule has 3 nitrogen and oxygen atoms in total. The Balaban J connectivity index is 3.35. The van der Waals surface area contributed by atoms with Gasteiger partial charge < -0.3 is 5.73 Å². The van der Waals surface area contributed by atoms with Gasteiger partial charge in [0.1, 0.15) is 0 Å². The highest BCUT2D eigenvalue weighted by atomic mass is 35.5. The van der Waals surface area contributed by atoms with Crippen molar-refractivity contribution in [3.05, 3.63) is 35.4 Å². The summed E-state index contributed by atoms with van der Waals surface area (Å²) in [7, 11) is -3.33. The zero-order chi connectivity index (χ0) is 10.9. The molecule has 76 valence electrons. The third kappa shape index (κ3) is 2.08. The highest BCUT2D eigenvalue weighted by Crippen LogP contribution is 2.29. The maximum atomic E-state index is 11.2. The Kier molecular flexibility index (Phi) is 2.87. The van der Waals surface area contributed by atoms with Gasteiger partial charge in [-0.3, -0.25) is 0 Å². The van der Waals surface area contributed by atoms with Crippen molar-refractivity contribution in [2.24, 2.45) is 0 Å². The quantitative estimate of drug-likeness (QED) is 0.792. The lowest BCUT2D eigenvalue weighted by Crippen LogP contribution is -2.02. The highest BCUT2D eigenvalue weighted by Gasteiger charge is 2.14. The van der Waals surface area contributed by atoms with Crippen LogP contribution in [0, 0.1) is 0 Å². The molecule has 2 N–H and O–H groups in total. The molecular weight excluding hydrogens is 222 g/mol. The van der Waals surface area contributed by atoms with Crippen molar-refractivity contribution in [3.63, 3.8) is 0 Å². The summed E-state index contributed by atoms with van der Waals surface area (Å²) in [6.07, 6.45) is 1.08. The Bertz CT molecular complexity index is 480. The van der Waals surface area contributed by atoms with E-state index in [-0.39, 0.29) is 10.6 Å². The van der Waals surface area contributed by atoms with Crippen LogP contribution in [0.5, 0.6) is 0 Å². The summed E-state index contributed by atoms with van der Waals surface area (Å²) in [6, 6.07) is 4.80. The first-order valence-electron chi connectivity index (χ1n) is 3.77. The topological polar surface area (TPSA) is 60.2 Å². The number of halogens is 1. The molecule has 0 spiro atoms. The first-order valence-corrected chi connectivity index (χ1v) is 6.04. The predicted octanol–water partition coefficient (Wildman–Crippen LogP) is 1.94. The lowest BCUT2D eigenvalue weighted by Gasteiger charge is -2.07. The number of sulfone groups is 1. The van der Waals surface area contributed by atoms with Crippen molar-refractivity contribution in [2.75, 3.05) is 12.0 Å². The van der Waals surface area contributed by atoms with Crippen molar-refractivity contribution in [1.82, 2.24) is 0 Å². The van der Waals surface area contributed by atoms with E-state index in [1.807, 2.05) is 0 Å². The van der Waals surface area contributed by atoms with E-state index in [0.717, 1.165) is 6.26 Å². The Labute approximate surface area is 88.1 Å². The average Bonchev–Trinajstić information content (AvgIpc) is 2.07. The van der Waals surface area contributed by atoms with Gasteiger partial charge in [-0.1, -0.05) is 30.3 Å². The second-order valence-electron chi connectivity index (χ2n) is 2.90. The molecule has 0 saturated carbocycles. The second kappa shape index (κ2) is 3.63. The van der Waals surface area contributed by atoms with Gasteiger partial charge in [-0.25, -0.2) is 8.42 Å². The smallest absolute Gasteiger partial charge is 0.175 e. The summed E-state index contributed by atoms with van der Waals surface area (Å²) >= 11 is 5.75. The normalized spacial score (nSPS) is 11.3. The molecule has 0 unspecified atom stereocenters. The summed E-state index contributed by atoms with van der Waals surface area (Å²) in [6.45, 7) is 3.47. The zero-order valence-electron chi connectivity index (χ0n) is 7.62. The minimum Gasteiger partial charge on any atom is -0.397 e. The molecule has 1 aromatic rings. The van der Waals surface area contributed by atoms with Crippen LogP contribution in [0.15, 0.2) is 24.8 Å². The van der Waals surface area contributed by atoms with Crippen LogP contribution < -0.4 is 5.73 Å². The molecule has 0 atom stereocenters. The van der Waals surface area contributed by atoms with Crippen LogP contribution in [0.25, 0.3) is 4.91 Å². The molecule has 0 aromatic heterocycles. The first kappa shape index (κ1) is 11.1. The number of nitrogens with two attached hydrogens (primary N) is 1. The van der Waals surface area contributed by atoms with E-state index in [0.29, 0.717) is 10.6 Å². The van der Waals surface area contributed by atoms with E-state index >= 15 is 0 Å². The molecule has 0 amide bonds. The number of rotatable bonds is 2. The molecule has 1 aromatic carbocycles. The fourth-order valence-corrected chi connectivity index (χ4v) is 1.73. The fraction of sp³-hybridized carbons (Fsp3) is 0.111. The van der Waals surface area contributed by atoms with Crippen molar-refractivity contribution in [2.45, 2.75) is 0 Å². The van der Waals surface area contributed by atoms with Crippen LogP contribution in [-0.4, -0.2) is 14.7 Å². The molecule has 0 aliphatic rings. The summed E-state index contributed by atoms with van der Waals surface area (Å²) in [5.41, 5.74) is 6.22. The fourth-order valence-electron chi connectivity index (χ4n) is 0.980. The Morgan fingerprint density at radius 1 is 1.50 bits per heavy atom. The van der Waals surface area contributed by atoms with Gasteiger partial charge in [0.2, 0.25) is 0 Å². The predicted molar refractivity (Wildman–Crippen MR) is 59.7 cm³/mol. The minimum atomic E-state index is -3.33. The number of nitrogen functional groups attached to an aromatic ring is 1. The molecule has 0 radical (unpaired) electrons. The summed E-state index contributed by atoms with van der Waals surface area (Å²) < 4.78 is 22.4. The largest absolute Gasteiger partial charge is 0.397 e. The van der Waals surface area contributed by atoms with E-state index in [9.17, 15) is 8.42 Å². The number of anilines is 1. The van der Waals surface area contributed by atoms with Gasteiger partial charge >= 0.3 is 0 Å². The lowest BCUT2D eigenvalue weighted by molar-refractivity contribution is 0.611. The van der Waals surface area contributed by atoms with E-state index < -0.39 is 9.84 Å². The molecule has 0 aliphatic heterocycles. The van der Waals surface area contributed by atoms with Crippen molar-refractivity contribution >= 4 is 32.0 Å². The van der Waals surface area contributed by atoms with Crippen LogP contribution in [0.2, 0.25) is 5.02 Å². The van der Waals surface area contributed by atoms with E-state index in [1.54, 1.807) is 18.2 Å². The van der Waals surface area contributed by atoms with Gasteiger partial charge in [-0.05, 0) is 6.07 Å². The van der Waals surface area contributed by atoms with Gasteiger partial charge in [-0.2, -0.15) is 0 Å². The number of benzene rings is 1. The van der Waals surface area contributed by atoms with E-state index in [4.69, 9.17) is 17.3 Å². The van der Waals surface area contributed by atoms with Crippen molar-refractivity contribution in [1.29, 1.82) is 0 Å². The lowest BCUT2D eigenvalue weighted by atomic mass is 10.2. The molecule has 0 aliphatic carbocycles. The van der Waals surface area contributed by atoms with Crippen molar-refractivity contribution in [3.8, 4) is 0 Å². The molecule has 14 heavy (non-hydrogen) atoms. The second-order valence-corrected chi connectivity index (χ2v) is 5.34. The number of hydrogen-bond donors (Lipinski definition) is 1. The van der Waals surface area contributed by atoms with Crippen LogP contribution in [0.1, 0.15) is 5.56 Å². The summed E-state index contributed by atoms with van der Waals surface area (Å²) in [4.78, 5) is -0.0162. The van der Waals surface area contributed by atoms with Gasteiger partial charge in [0.25, 0.3) is 0 Å². The maximum absolute atomic E-state index is 11.2. The molecule has 0 heterocycles. The van der Waals surface area contributed by atoms with Crippen molar-refractivity contribution < 1.29 is 8.42 Å². The third-order valence-corrected chi connectivity index (χ3v) is 3.25. The van der Waals surface area contributed by atoms with Gasteiger partial charge in [0.05, 0.1) is 15.6 Å². The van der Waals surface area contributed by atoms with Gasteiger partial charge in [-0.15, -0.1) is 0 Å². The van der Waals surface area contributed by atoms with Crippen LogP contribution >= 0.6 is 11.6 Å². The SMILES string of the molecule is C=C(c1cccc(Cl)c1N)S(C)(=O)=O. The molecular formula is C9H10ClNO2S. The number of para-hydroxylation sites is 1. The summed E-state index contributed by atoms with van der Waals surface area (Å²) in [5.74, 6) is 0. The van der Waals surface area contributed by atoms with Crippen LogP contribution in [0.4, 0.5) is 5.69 Å². The Hall–Kier alpha value is -1.00. The summed E-state index contributed by atoms with van der Waals surface area (Å²) in [5, 5.41) is 0.326. The zero-order valence-corrected chi connectivity index (χ0v) is 9.19. The standard InChI is InChI=1S/C9H10ClNO2S/c1-6(14(2,12)13)7-4-3-5-8(10)9(7)11/h3-5H,1,11H2,2H3. The highest BCUT2D eigenvalue weighted by molar-refractivity contribution is 7.99. The average molecular weight is 232 g/mol. The molecule has 0 bridgehead atoms.